The van der Waals surface area contributed by atoms with Gasteiger partial charge in [0.2, 0.25) is 0 Å². The van der Waals surface area contributed by atoms with Gasteiger partial charge in [-0.05, 0) is 56.7 Å². The Bertz CT molecular complexity index is 435. The highest BCUT2D eigenvalue weighted by molar-refractivity contribution is 9.10. The molecule has 0 aliphatic carbocycles. The van der Waals surface area contributed by atoms with E-state index < -0.39 is 0 Å². The zero-order valence-electron chi connectivity index (χ0n) is 12.0. The summed E-state index contributed by atoms with van der Waals surface area (Å²) in [4.78, 5) is 4.83. The molecule has 1 aliphatic rings. The van der Waals surface area contributed by atoms with Gasteiger partial charge in [0.25, 0.3) is 0 Å². The van der Waals surface area contributed by atoms with Crippen molar-refractivity contribution in [3.63, 3.8) is 0 Å². The highest BCUT2D eigenvalue weighted by Crippen LogP contribution is 2.29. The predicted octanol–water partition coefficient (Wildman–Crippen LogP) is 3.13. The van der Waals surface area contributed by atoms with E-state index in [0.29, 0.717) is 6.54 Å². The number of benzene rings is 1. The van der Waals surface area contributed by atoms with Gasteiger partial charge in [-0.25, -0.2) is 0 Å². The van der Waals surface area contributed by atoms with Crippen LogP contribution in [0, 0.1) is 0 Å². The summed E-state index contributed by atoms with van der Waals surface area (Å²) in [5.74, 6) is 0. The molecule has 3 nitrogen and oxygen atoms in total. The van der Waals surface area contributed by atoms with Gasteiger partial charge in [0.1, 0.15) is 0 Å². The number of likely N-dealkylation sites (N-methyl/N-ethyl adjacent to an activating group) is 1. The average Bonchev–Trinajstić information content (AvgIpc) is 2.94. The monoisotopic (exact) mass is 359 g/mol. The summed E-state index contributed by atoms with van der Waals surface area (Å²) in [6.07, 6.45) is 2.67. The van der Waals surface area contributed by atoms with Crippen molar-refractivity contribution in [2.45, 2.75) is 18.9 Å². The van der Waals surface area contributed by atoms with Crippen LogP contribution in [0.1, 0.15) is 24.4 Å². The molecule has 2 rings (SSSR count). The van der Waals surface area contributed by atoms with Crippen LogP contribution in [0.25, 0.3) is 0 Å². The maximum Gasteiger partial charge on any atom is 0.0483 e. The number of hydrogen-bond acceptors (Lipinski definition) is 3. The lowest BCUT2D eigenvalue weighted by Crippen LogP contribution is -2.36. The zero-order valence-corrected chi connectivity index (χ0v) is 14.3. The second-order valence-corrected chi connectivity index (χ2v) is 6.77. The summed E-state index contributed by atoms with van der Waals surface area (Å²) >= 11 is 9.84. The molecular weight excluding hydrogens is 338 g/mol. The SMILES string of the molecule is CN(CCN1CCCC1)C(CN)c1cc(Br)ccc1Cl. The fourth-order valence-electron chi connectivity index (χ4n) is 2.78. The Morgan fingerprint density at radius 2 is 2.10 bits per heavy atom. The first-order chi connectivity index (χ1) is 9.61. The van der Waals surface area contributed by atoms with Gasteiger partial charge in [-0.15, -0.1) is 0 Å². The third-order valence-corrected chi connectivity index (χ3v) is 4.88. The highest BCUT2D eigenvalue weighted by atomic mass is 79.9. The molecule has 1 aromatic rings. The van der Waals surface area contributed by atoms with Crippen molar-refractivity contribution in [1.29, 1.82) is 0 Å². The molecule has 1 fully saturated rings. The maximum absolute atomic E-state index is 6.33. The van der Waals surface area contributed by atoms with Crippen LogP contribution in [0.3, 0.4) is 0 Å². The van der Waals surface area contributed by atoms with Gasteiger partial charge in [-0.1, -0.05) is 27.5 Å². The summed E-state index contributed by atoms with van der Waals surface area (Å²) in [5, 5.41) is 0.789. The molecule has 1 aromatic carbocycles. The van der Waals surface area contributed by atoms with Crippen LogP contribution in [0.5, 0.6) is 0 Å². The lowest BCUT2D eigenvalue weighted by molar-refractivity contribution is 0.209. The molecule has 0 bridgehead atoms. The molecule has 2 N–H and O–H groups in total. The standard InChI is InChI=1S/C15H23BrClN3/c1-19(8-9-20-6-2-3-7-20)15(11-18)13-10-12(16)4-5-14(13)17/h4-5,10,15H,2-3,6-9,11,18H2,1H3. The molecule has 0 radical (unpaired) electrons. The fraction of sp³-hybridized carbons (Fsp3) is 0.600. The quantitative estimate of drug-likeness (QED) is 0.846. The van der Waals surface area contributed by atoms with Gasteiger partial charge in [-0.3, -0.25) is 4.90 Å². The van der Waals surface area contributed by atoms with E-state index in [9.17, 15) is 0 Å². The van der Waals surface area contributed by atoms with Crippen molar-refractivity contribution < 1.29 is 0 Å². The molecule has 1 heterocycles. The van der Waals surface area contributed by atoms with Gasteiger partial charge in [0, 0.05) is 35.2 Å². The first-order valence-electron chi connectivity index (χ1n) is 7.19. The first kappa shape index (κ1) is 16.2. The van der Waals surface area contributed by atoms with Crippen molar-refractivity contribution in [3.8, 4) is 0 Å². The second-order valence-electron chi connectivity index (χ2n) is 5.45. The minimum atomic E-state index is 0.169. The minimum Gasteiger partial charge on any atom is -0.329 e. The van der Waals surface area contributed by atoms with Crippen molar-refractivity contribution >= 4 is 27.5 Å². The van der Waals surface area contributed by atoms with E-state index in [0.717, 1.165) is 28.1 Å². The second kappa shape index (κ2) is 7.76. The normalized spacial score (nSPS) is 17.9. The van der Waals surface area contributed by atoms with E-state index in [1.165, 1.54) is 25.9 Å². The lowest BCUT2D eigenvalue weighted by Gasteiger charge is -2.29. The number of halogens is 2. The molecule has 0 amide bonds. The van der Waals surface area contributed by atoms with E-state index in [1.54, 1.807) is 0 Å². The molecule has 1 atom stereocenters. The third-order valence-electron chi connectivity index (χ3n) is 4.04. The van der Waals surface area contributed by atoms with Crippen LogP contribution in [-0.2, 0) is 0 Å². The van der Waals surface area contributed by atoms with E-state index >= 15 is 0 Å². The number of rotatable bonds is 6. The Morgan fingerprint density at radius 3 is 2.75 bits per heavy atom. The van der Waals surface area contributed by atoms with Gasteiger partial charge in [0.15, 0.2) is 0 Å². The largest absolute Gasteiger partial charge is 0.329 e. The van der Waals surface area contributed by atoms with Crippen LogP contribution in [0.2, 0.25) is 5.02 Å². The molecule has 112 valence electrons. The third kappa shape index (κ3) is 4.18. The van der Waals surface area contributed by atoms with E-state index in [2.05, 4.69) is 38.8 Å². The summed E-state index contributed by atoms with van der Waals surface area (Å²) in [6.45, 7) is 5.17. The average molecular weight is 361 g/mol. The molecule has 5 heteroatoms. The Balaban J connectivity index is 2.00. The molecule has 20 heavy (non-hydrogen) atoms. The van der Waals surface area contributed by atoms with Crippen molar-refractivity contribution in [1.82, 2.24) is 9.80 Å². The number of hydrogen-bond donors (Lipinski definition) is 1. The van der Waals surface area contributed by atoms with Crippen molar-refractivity contribution in [2.75, 3.05) is 39.8 Å². The van der Waals surface area contributed by atoms with E-state index in [4.69, 9.17) is 17.3 Å². The number of nitrogens with two attached hydrogens (primary N) is 1. The van der Waals surface area contributed by atoms with Gasteiger partial charge in [-0.2, -0.15) is 0 Å². The minimum absolute atomic E-state index is 0.169. The summed E-state index contributed by atoms with van der Waals surface area (Å²) in [5.41, 5.74) is 7.08. The summed E-state index contributed by atoms with van der Waals surface area (Å²) in [7, 11) is 2.13. The number of nitrogens with zero attached hydrogens (tertiary/aromatic N) is 2. The van der Waals surface area contributed by atoms with Crippen LogP contribution < -0.4 is 5.73 Å². The summed E-state index contributed by atoms with van der Waals surface area (Å²) in [6, 6.07) is 6.14. The molecule has 1 aliphatic heterocycles. The summed E-state index contributed by atoms with van der Waals surface area (Å²) < 4.78 is 1.04. The van der Waals surface area contributed by atoms with Crippen molar-refractivity contribution in [2.24, 2.45) is 5.73 Å². The molecule has 0 spiro atoms. The van der Waals surface area contributed by atoms with Crippen LogP contribution in [0.4, 0.5) is 0 Å². The smallest absolute Gasteiger partial charge is 0.0483 e. The Kier molecular flexibility index (Phi) is 6.30. The molecule has 1 unspecified atom stereocenters. The van der Waals surface area contributed by atoms with Crippen LogP contribution >= 0.6 is 27.5 Å². The predicted molar refractivity (Wildman–Crippen MR) is 89.3 cm³/mol. The highest BCUT2D eigenvalue weighted by Gasteiger charge is 2.20. The van der Waals surface area contributed by atoms with Gasteiger partial charge in [0.05, 0.1) is 0 Å². The van der Waals surface area contributed by atoms with Crippen LogP contribution in [-0.4, -0.2) is 49.6 Å². The Labute approximate surface area is 135 Å². The maximum atomic E-state index is 6.33. The Morgan fingerprint density at radius 1 is 1.40 bits per heavy atom. The fourth-order valence-corrected chi connectivity index (χ4v) is 3.40. The van der Waals surface area contributed by atoms with Gasteiger partial charge < -0.3 is 10.6 Å². The Hall–Kier alpha value is -0.130. The molecular formula is C15H23BrClN3. The first-order valence-corrected chi connectivity index (χ1v) is 8.36. The molecule has 0 saturated carbocycles. The topological polar surface area (TPSA) is 32.5 Å². The number of likely N-dealkylation sites (tertiary alicyclic amines) is 1. The lowest BCUT2D eigenvalue weighted by atomic mass is 10.1. The van der Waals surface area contributed by atoms with E-state index in [-0.39, 0.29) is 6.04 Å². The van der Waals surface area contributed by atoms with Gasteiger partial charge >= 0.3 is 0 Å². The molecule has 1 saturated heterocycles. The van der Waals surface area contributed by atoms with Crippen LogP contribution in [0.15, 0.2) is 22.7 Å². The van der Waals surface area contributed by atoms with Crippen molar-refractivity contribution in [3.05, 3.63) is 33.3 Å². The zero-order chi connectivity index (χ0) is 14.5. The molecule has 0 aromatic heterocycles. The van der Waals surface area contributed by atoms with E-state index in [1.807, 2.05) is 12.1 Å².